The van der Waals surface area contributed by atoms with E-state index in [1.54, 1.807) is 0 Å². The highest BCUT2D eigenvalue weighted by atomic mass is 28.4. The molecule has 0 aliphatic carbocycles. The summed E-state index contributed by atoms with van der Waals surface area (Å²) in [5.74, 6) is 0. The van der Waals surface area contributed by atoms with Crippen molar-refractivity contribution >= 4 is 25.7 Å². The molecule has 6 N–H and O–H groups in total. The second kappa shape index (κ2) is 9.44. The molecule has 16 heavy (non-hydrogen) atoms. The van der Waals surface area contributed by atoms with E-state index in [-0.39, 0.29) is 7.43 Å². The van der Waals surface area contributed by atoms with Crippen molar-refractivity contribution in [1.29, 1.82) is 0 Å². The minimum absolute atomic E-state index is 0. The molecule has 0 saturated heterocycles. The molecule has 0 saturated carbocycles. The first-order valence-corrected chi connectivity index (χ1v) is 13.0. The van der Waals surface area contributed by atoms with Gasteiger partial charge >= 0.3 is 17.4 Å². The van der Waals surface area contributed by atoms with Gasteiger partial charge in [0.1, 0.15) is 0 Å². The van der Waals surface area contributed by atoms with Gasteiger partial charge in [-0.05, 0) is 32.7 Å². The minimum Gasteiger partial charge on any atom is -0.433 e. The van der Waals surface area contributed by atoms with Crippen LogP contribution in [0.2, 0.25) is 39.3 Å². The van der Waals surface area contributed by atoms with Crippen LogP contribution in [0.5, 0.6) is 0 Å². The molecule has 0 fully saturated rings. The SMILES string of the molecule is C.C[Si](C)(C)O.C[Si](C)(O)O.C[Si](O)(O)O. The summed E-state index contributed by atoms with van der Waals surface area (Å²) in [6.07, 6.45) is 0. The predicted octanol–water partition coefficient (Wildman–Crippen LogP) is -0.346. The molecule has 9 heteroatoms. The maximum absolute atomic E-state index is 8.66. The standard InChI is InChI=1S/C3H10OSi.C2H8O2Si.CH6O3Si.CH4/c3*1-5(2,3)4;/h4H,1-3H3;3-4H,1-2H3;2-4H,1H3;1H4. The summed E-state index contributed by atoms with van der Waals surface area (Å²) in [6, 6.07) is 0. The predicted molar refractivity (Wildman–Crippen MR) is 72.5 cm³/mol. The topological polar surface area (TPSA) is 121 Å². The Morgan fingerprint density at radius 1 is 0.562 bits per heavy atom. The Bertz CT molecular complexity index is 99.1. The van der Waals surface area contributed by atoms with Crippen LogP contribution in [0.25, 0.3) is 0 Å². The number of hydrogen-bond acceptors (Lipinski definition) is 6. The normalized spacial score (nSPS) is 11.2. The van der Waals surface area contributed by atoms with E-state index in [4.69, 9.17) is 28.8 Å². The third kappa shape index (κ3) is 15400. The minimum atomic E-state index is -3.61. The molecule has 0 radical (unpaired) electrons. The molecule has 0 heterocycles. The van der Waals surface area contributed by atoms with Gasteiger partial charge in [0.25, 0.3) is 0 Å². The van der Waals surface area contributed by atoms with Crippen LogP contribution in [0.15, 0.2) is 0 Å². The Labute approximate surface area is 102 Å². The van der Waals surface area contributed by atoms with E-state index in [0.29, 0.717) is 0 Å². The lowest BCUT2D eigenvalue weighted by molar-refractivity contribution is 0.239. The van der Waals surface area contributed by atoms with Gasteiger partial charge in [-0.1, -0.05) is 7.43 Å². The van der Waals surface area contributed by atoms with Crippen molar-refractivity contribution in [3.05, 3.63) is 0 Å². The molecule has 6 nitrogen and oxygen atoms in total. The molecule has 0 rings (SSSR count). The summed E-state index contributed by atoms with van der Waals surface area (Å²) >= 11 is 0. The lowest BCUT2D eigenvalue weighted by Gasteiger charge is -2.00. The highest BCUT2D eigenvalue weighted by molar-refractivity contribution is 6.68. The van der Waals surface area contributed by atoms with Crippen LogP contribution in [0.1, 0.15) is 7.43 Å². The van der Waals surface area contributed by atoms with Gasteiger partial charge in [0.15, 0.2) is 8.32 Å². The Morgan fingerprint density at radius 2 is 0.562 bits per heavy atom. The summed E-state index contributed by atoms with van der Waals surface area (Å²) in [6.45, 7) is 9.51. The largest absolute Gasteiger partial charge is 0.489 e. The Kier molecular flexibility index (Phi) is 14.9. The molecule has 0 aliphatic rings. The summed E-state index contributed by atoms with van der Waals surface area (Å²) < 4.78 is 0. The van der Waals surface area contributed by atoms with Gasteiger partial charge in [-0.15, -0.1) is 0 Å². The fourth-order valence-electron chi connectivity index (χ4n) is 0. The Hall–Kier alpha value is 0.411. The average Bonchev–Trinajstić information content (AvgIpc) is 1.41. The van der Waals surface area contributed by atoms with E-state index in [1.165, 1.54) is 13.1 Å². The summed E-state index contributed by atoms with van der Waals surface area (Å²) in [5.41, 5.74) is 0. The lowest BCUT2D eigenvalue weighted by atomic mass is 11.8. The smallest absolute Gasteiger partial charge is 0.433 e. The van der Waals surface area contributed by atoms with Gasteiger partial charge in [-0.2, -0.15) is 0 Å². The Morgan fingerprint density at radius 3 is 0.562 bits per heavy atom. The van der Waals surface area contributed by atoms with Crippen LogP contribution in [-0.4, -0.2) is 54.5 Å². The average molecular weight is 293 g/mol. The quantitative estimate of drug-likeness (QED) is 0.340. The van der Waals surface area contributed by atoms with Crippen molar-refractivity contribution < 1.29 is 28.8 Å². The summed E-state index contributed by atoms with van der Waals surface area (Å²) in [7, 11) is -7.83. The zero-order chi connectivity index (χ0) is 13.5. The molecule has 0 aromatic carbocycles. The van der Waals surface area contributed by atoms with Gasteiger partial charge in [0.2, 0.25) is 0 Å². The summed E-state index contributed by atoms with van der Waals surface area (Å²) in [5, 5.41) is 0. The fourth-order valence-corrected chi connectivity index (χ4v) is 0. The maximum Gasteiger partial charge on any atom is 0.489 e. The molecule has 0 aromatic rings. The van der Waals surface area contributed by atoms with E-state index in [2.05, 4.69) is 0 Å². The molecular formula is C7H28O6Si3. The van der Waals surface area contributed by atoms with Crippen LogP contribution in [0.3, 0.4) is 0 Å². The van der Waals surface area contributed by atoms with Gasteiger partial charge in [0, 0.05) is 6.55 Å². The van der Waals surface area contributed by atoms with Crippen molar-refractivity contribution in [3.63, 3.8) is 0 Å². The van der Waals surface area contributed by atoms with Crippen LogP contribution in [0, 0.1) is 0 Å². The zero-order valence-corrected chi connectivity index (χ0v) is 13.2. The molecule has 0 unspecified atom stereocenters. The van der Waals surface area contributed by atoms with Crippen LogP contribution >= 0.6 is 0 Å². The molecule has 0 aromatic heterocycles. The molecule has 0 atom stereocenters. The van der Waals surface area contributed by atoms with E-state index in [9.17, 15) is 0 Å². The third-order valence-corrected chi connectivity index (χ3v) is 0. The van der Waals surface area contributed by atoms with Crippen molar-refractivity contribution in [2.24, 2.45) is 0 Å². The monoisotopic (exact) mass is 292 g/mol. The van der Waals surface area contributed by atoms with E-state index in [0.717, 1.165) is 6.55 Å². The van der Waals surface area contributed by atoms with E-state index >= 15 is 0 Å². The van der Waals surface area contributed by atoms with Crippen LogP contribution in [-0.2, 0) is 0 Å². The fraction of sp³-hybridized carbons (Fsp3) is 1.00. The lowest BCUT2D eigenvalue weighted by Crippen LogP contribution is -2.28. The van der Waals surface area contributed by atoms with Crippen molar-refractivity contribution in [2.75, 3.05) is 0 Å². The molecular weight excluding hydrogens is 264 g/mol. The highest BCUT2D eigenvalue weighted by Gasteiger charge is 2.14. The molecule has 0 bridgehead atoms. The molecule has 104 valence electrons. The van der Waals surface area contributed by atoms with Crippen molar-refractivity contribution in [3.8, 4) is 0 Å². The van der Waals surface area contributed by atoms with Crippen molar-refractivity contribution in [2.45, 2.75) is 46.7 Å². The third-order valence-electron chi connectivity index (χ3n) is 0. The van der Waals surface area contributed by atoms with Gasteiger partial charge in [0.05, 0.1) is 0 Å². The molecule has 0 amide bonds. The van der Waals surface area contributed by atoms with Crippen LogP contribution < -0.4 is 0 Å². The number of rotatable bonds is 0. The first-order valence-electron chi connectivity index (χ1n) is 4.34. The van der Waals surface area contributed by atoms with E-state index < -0.39 is 25.7 Å². The first kappa shape index (κ1) is 25.3. The molecule has 0 aliphatic heterocycles. The molecule has 0 spiro atoms. The van der Waals surface area contributed by atoms with Crippen LogP contribution in [0.4, 0.5) is 0 Å². The Balaban J connectivity index is -0.0000000655. The van der Waals surface area contributed by atoms with E-state index in [1.807, 2.05) is 19.6 Å². The van der Waals surface area contributed by atoms with Gasteiger partial charge in [-0.3, -0.25) is 0 Å². The second-order valence-corrected chi connectivity index (χ2v) is 13.9. The number of hydrogen-bond donors (Lipinski definition) is 6. The van der Waals surface area contributed by atoms with Crippen molar-refractivity contribution in [1.82, 2.24) is 0 Å². The zero-order valence-electron chi connectivity index (χ0n) is 10.2. The highest BCUT2D eigenvalue weighted by Crippen LogP contribution is 1.88. The van der Waals surface area contributed by atoms with Gasteiger partial charge < -0.3 is 28.8 Å². The van der Waals surface area contributed by atoms with Gasteiger partial charge in [-0.25, -0.2) is 0 Å². The second-order valence-electron chi connectivity index (χ2n) is 4.64. The maximum atomic E-state index is 8.66. The summed E-state index contributed by atoms with van der Waals surface area (Å²) in [4.78, 5) is 48.4. The first-order chi connectivity index (χ1) is 6.00.